The molecular formula is C30H39N4O5+. The quantitative estimate of drug-likeness (QED) is 0.470. The second-order valence-corrected chi connectivity index (χ2v) is 11.0. The molecule has 0 spiro atoms. The number of carboxylic acids is 1. The van der Waals surface area contributed by atoms with Gasteiger partial charge in [-0.2, -0.15) is 0 Å². The van der Waals surface area contributed by atoms with Crippen molar-refractivity contribution in [2.75, 3.05) is 44.2 Å². The van der Waals surface area contributed by atoms with Crippen LogP contribution in [0.3, 0.4) is 0 Å². The minimum Gasteiger partial charge on any atom is -0.493 e. The number of carbonyl (C=O) groups is 3. The van der Waals surface area contributed by atoms with Gasteiger partial charge in [0.15, 0.2) is 12.4 Å². The summed E-state index contributed by atoms with van der Waals surface area (Å²) < 4.78 is 7.60. The normalized spacial score (nSPS) is 22.7. The Morgan fingerprint density at radius 3 is 2.79 bits per heavy atom. The second-order valence-electron chi connectivity index (χ2n) is 11.0. The third-order valence-electron chi connectivity index (χ3n) is 8.36. The number of hydrogen-bond donors (Lipinski definition) is 1. The smallest absolute Gasteiger partial charge is 0.308 e. The van der Waals surface area contributed by atoms with Crippen LogP contribution in [0.15, 0.2) is 42.7 Å². The molecule has 5 rings (SSSR count). The van der Waals surface area contributed by atoms with Crippen LogP contribution in [-0.4, -0.2) is 78.1 Å². The van der Waals surface area contributed by atoms with E-state index in [0.717, 1.165) is 48.2 Å². The van der Waals surface area contributed by atoms with Gasteiger partial charge in [-0.1, -0.05) is 25.5 Å². The fourth-order valence-electron chi connectivity index (χ4n) is 6.32. The highest BCUT2D eigenvalue weighted by atomic mass is 16.5. The van der Waals surface area contributed by atoms with Crippen molar-refractivity contribution in [3.05, 3.63) is 53.9 Å². The van der Waals surface area contributed by atoms with E-state index in [-0.39, 0.29) is 24.3 Å². The standard InChI is InChI=1S/C30H38N4O5/c1-3-4-14-34(23-7-5-12-31(2)17-23)28(36)20-33-18-24(21-9-10-26-22(16-21)11-15-39-26)29(30(37)38)25(33)19-32-13-6-8-27(32)35/h5,7,9-10,12,16-17,24-25,29H,3-4,6,8,11,13-15,18-20H2,1-2H3/p+1/t24-,25+,29?/m1/s1. The van der Waals surface area contributed by atoms with E-state index in [2.05, 4.69) is 13.0 Å². The van der Waals surface area contributed by atoms with Crippen molar-refractivity contribution >= 4 is 23.5 Å². The molecule has 2 fully saturated rings. The summed E-state index contributed by atoms with van der Waals surface area (Å²) in [5.74, 6) is -1.05. The molecule has 2 saturated heterocycles. The number of carboxylic acid groups (broad SMARTS) is 1. The van der Waals surface area contributed by atoms with Crippen LogP contribution in [-0.2, 0) is 27.9 Å². The number of aryl methyl sites for hydroxylation is 1. The summed E-state index contributed by atoms with van der Waals surface area (Å²) in [6, 6.07) is 9.38. The number of fused-ring (bicyclic) bond motifs is 1. The monoisotopic (exact) mass is 535 g/mol. The largest absolute Gasteiger partial charge is 0.493 e. The highest BCUT2D eigenvalue weighted by Gasteiger charge is 2.48. The van der Waals surface area contributed by atoms with Crippen LogP contribution in [0, 0.1) is 5.92 Å². The molecule has 0 radical (unpaired) electrons. The van der Waals surface area contributed by atoms with E-state index in [9.17, 15) is 19.5 Å². The molecule has 4 heterocycles. The number of hydrogen-bond acceptors (Lipinski definition) is 5. The molecule has 1 N–H and O–H groups in total. The zero-order valence-corrected chi connectivity index (χ0v) is 22.9. The zero-order chi connectivity index (χ0) is 27.5. The van der Waals surface area contributed by atoms with Crippen LogP contribution in [0.25, 0.3) is 0 Å². The maximum atomic E-state index is 13.9. The second kappa shape index (κ2) is 11.7. The van der Waals surface area contributed by atoms with Crippen LogP contribution in [0.5, 0.6) is 5.75 Å². The lowest BCUT2D eigenvalue weighted by molar-refractivity contribution is -0.670. The Morgan fingerprint density at radius 2 is 2.08 bits per heavy atom. The van der Waals surface area contributed by atoms with Crippen molar-refractivity contribution < 1.29 is 28.8 Å². The minimum atomic E-state index is -0.888. The van der Waals surface area contributed by atoms with Gasteiger partial charge in [0.25, 0.3) is 0 Å². The first-order valence-electron chi connectivity index (χ1n) is 14.1. The van der Waals surface area contributed by atoms with E-state index in [1.54, 1.807) is 4.90 Å². The topological polar surface area (TPSA) is 94.3 Å². The van der Waals surface area contributed by atoms with Crippen LogP contribution >= 0.6 is 0 Å². The van der Waals surface area contributed by atoms with Crippen molar-refractivity contribution in [2.24, 2.45) is 13.0 Å². The molecular weight excluding hydrogens is 496 g/mol. The first-order chi connectivity index (χ1) is 18.9. The molecule has 39 heavy (non-hydrogen) atoms. The molecule has 2 amide bonds. The first kappa shape index (κ1) is 27.1. The van der Waals surface area contributed by atoms with E-state index in [4.69, 9.17) is 4.74 Å². The van der Waals surface area contributed by atoms with Gasteiger partial charge in [-0.3, -0.25) is 19.3 Å². The Morgan fingerprint density at radius 1 is 1.23 bits per heavy atom. The predicted molar refractivity (Wildman–Crippen MR) is 146 cm³/mol. The number of amides is 2. The maximum absolute atomic E-state index is 13.9. The molecule has 0 bridgehead atoms. The van der Waals surface area contributed by atoms with Crippen LogP contribution < -0.4 is 14.2 Å². The van der Waals surface area contributed by atoms with Gasteiger partial charge >= 0.3 is 5.97 Å². The molecule has 1 aromatic carbocycles. The lowest BCUT2D eigenvalue weighted by Crippen LogP contribution is -2.49. The molecule has 3 aliphatic heterocycles. The van der Waals surface area contributed by atoms with E-state index >= 15 is 0 Å². The molecule has 208 valence electrons. The molecule has 2 aromatic rings. The summed E-state index contributed by atoms with van der Waals surface area (Å²) in [5, 5.41) is 10.5. The predicted octanol–water partition coefficient (Wildman–Crippen LogP) is 2.37. The average Bonchev–Trinajstić information content (AvgIpc) is 3.63. The van der Waals surface area contributed by atoms with Crippen molar-refractivity contribution in [3.8, 4) is 5.75 Å². The summed E-state index contributed by atoms with van der Waals surface area (Å²) in [4.78, 5) is 44.8. The summed E-state index contributed by atoms with van der Waals surface area (Å²) in [5.41, 5.74) is 2.88. The highest BCUT2D eigenvalue weighted by Crippen LogP contribution is 2.40. The van der Waals surface area contributed by atoms with Crippen LogP contribution in [0.2, 0.25) is 0 Å². The molecule has 9 nitrogen and oxygen atoms in total. The molecule has 1 aromatic heterocycles. The third kappa shape index (κ3) is 5.78. The number of benzene rings is 1. The van der Waals surface area contributed by atoms with Gasteiger partial charge < -0.3 is 19.6 Å². The number of carbonyl (C=O) groups excluding carboxylic acids is 2. The van der Waals surface area contributed by atoms with Crippen LogP contribution in [0.4, 0.5) is 5.69 Å². The number of ether oxygens (including phenoxy) is 1. The van der Waals surface area contributed by atoms with Gasteiger partial charge in [0.2, 0.25) is 11.8 Å². The molecule has 3 aliphatic rings. The SMILES string of the molecule is CCCCN(C(=O)CN1C[C@H](c2ccc3c(c2)CCO3)C(C(=O)O)[C@@H]1CN1CCCC1=O)c1ccc[n+](C)c1. The van der Waals surface area contributed by atoms with Gasteiger partial charge in [0.05, 0.1) is 19.1 Å². The van der Waals surface area contributed by atoms with Gasteiger partial charge in [0, 0.05) is 57.0 Å². The van der Waals surface area contributed by atoms with Gasteiger partial charge in [-0.05, 0) is 36.1 Å². The summed E-state index contributed by atoms with van der Waals surface area (Å²) in [7, 11) is 1.93. The molecule has 1 unspecified atom stereocenters. The number of rotatable bonds is 10. The van der Waals surface area contributed by atoms with Crippen molar-refractivity contribution in [3.63, 3.8) is 0 Å². The number of unbranched alkanes of at least 4 members (excludes halogenated alkanes) is 1. The zero-order valence-electron chi connectivity index (χ0n) is 22.9. The third-order valence-corrected chi connectivity index (χ3v) is 8.36. The first-order valence-corrected chi connectivity index (χ1v) is 14.1. The fraction of sp³-hybridized carbons (Fsp3) is 0.533. The number of nitrogens with zero attached hydrogens (tertiary/aromatic N) is 4. The number of anilines is 1. The Labute approximate surface area is 230 Å². The van der Waals surface area contributed by atoms with Crippen LogP contribution in [0.1, 0.15) is 49.7 Å². The van der Waals surface area contributed by atoms with Gasteiger partial charge in [0.1, 0.15) is 18.5 Å². The van der Waals surface area contributed by atoms with Crippen molar-refractivity contribution in [1.29, 1.82) is 0 Å². The maximum Gasteiger partial charge on any atom is 0.308 e. The Kier molecular flexibility index (Phi) is 8.16. The van der Waals surface area contributed by atoms with E-state index < -0.39 is 17.9 Å². The number of aromatic nitrogens is 1. The molecule has 0 saturated carbocycles. The Balaban J connectivity index is 1.45. The Bertz CT molecular complexity index is 1230. The molecule has 3 atom stereocenters. The van der Waals surface area contributed by atoms with Gasteiger partial charge in [-0.15, -0.1) is 0 Å². The lowest BCUT2D eigenvalue weighted by Gasteiger charge is -2.32. The van der Waals surface area contributed by atoms with Crippen molar-refractivity contribution in [2.45, 2.75) is 51.0 Å². The summed E-state index contributed by atoms with van der Waals surface area (Å²) in [6.45, 7) is 4.83. The van der Waals surface area contributed by atoms with E-state index in [0.29, 0.717) is 39.2 Å². The average molecular weight is 536 g/mol. The number of likely N-dealkylation sites (tertiary alicyclic amines) is 2. The van der Waals surface area contributed by atoms with E-state index in [1.165, 1.54) is 0 Å². The highest BCUT2D eigenvalue weighted by molar-refractivity contribution is 5.94. The summed E-state index contributed by atoms with van der Waals surface area (Å²) >= 11 is 0. The van der Waals surface area contributed by atoms with E-state index in [1.807, 2.05) is 58.1 Å². The number of pyridine rings is 1. The minimum absolute atomic E-state index is 0.0560. The summed E-state index contributed by atoms with van der Waals surface area (Å²) in [6.07, 6.45) is 7.78. The molecule has 9 heteroatoms. The lowest BCUT2D eigenvalue weighted by atomic mass is 9.84. The number of aliphatic carboxylic acids is 1. The fourth-order valence-corrected chi connectivity index (χ4v) is 6.32. The van der Waals surface area contributed by atoms with Gasteiger partial charge in [-0.25, -0.2) is 4.57 Å². The molecule has 0 aliphatic carbocycles. The Hall–Kier alpha value is -3.46. The van der Waals surface area contributed by atoms with Crippen molar-refractivity contribution in [1.82, 2.24) is 9.80 Å².